The van der Waals surface area contributed by atoms with E-state index in [1.807, 2.05) is 16.8 Å². The Bertz CT molecular complexity index is 681. The number of carbonyl (C=O) groups excluding carboxylic acids is 1. The van der Waals surface area contributed by atoms with Crippen LogP contribution in [0.25, 0.3) is 0 Å². The molecule has 130 valence electrons. The number of nitrogens with one attached hydrogen (secondary N) is 1. The number of thiophene rings is 1. The summed E-state index contributed by atoms with van der Waals surface area (Å²) in [6.07, 6.45) is 3.35. The lowest BCUT2D eigenvalue weighted by Crippen LogP contribution is -2.34. The molecule has 2 atom stereocenters. The number of amides is 1. The first kappa shape index (κ1) is 17.0. The van der Waals surface area contributed by atoms with Crippen molar-refractivity contribution in [2.24, 2.45) is 32.7 Å². The highest BCUT2D eigenvalue weighted by Gasteiger charge is 2.59. The first-order valence-corrected chi connectivity index (χ1v) is 9.13. The predicted octanol–water partition coefficient (Wildman–Crippen LogP) is 2.70. The highest BCUT2D eigenvalue weighted by Crippen LogP contribution is 2.63. The maximum atomic E-state index is 11.9. The average molecular weight is 348 g/mol. The molecule has 3 N–H and O–H groups in total. The number of fused-ring (bicyclic) bond motifs is 2. The van der Waals surface area contributed by atoms with Crippen molar-refractivity contribution in [3.8, 4) is 0 Å². The molecule has 0 radical (unpaired) electrons. The van der Waals surface area contributed by atoms with Crippen LogP contribution in [-0.4, -0.2) is 24.1 Å². The van der Waals surface area contributed by atoms with E-state index in [9.17, 15) is 4.79 Å². The maximum absolute atomic E-state index is 11.9. The minimum atomic E-state index is -0.325. The van der Waals surface area contributed by atoms with Crippen molar-refractivity contribution in [2.45, 2.75) is 40.0 Å². The van der Waals surface area contributed by atoms with Crippen LogP contribution in [-0.2, 0) is 9.63 Å². The third kappa shape index (κ3) is 2.81. The van der Waals surface area contributed by atoms with E-state index in [0.29, 0.717) is 5.92 Å². The van der Waals surface area contributed by atoms with Gasteiger partial charge in [0.1, 0.15) is 0 Å². The molecule has 1 aromatic rings. The largest absolute Gasteiger partial charge is 0.384 e. The molecule has 2 fully saturated rings. The van der Waals surface area contributed by atoms with Gasteiger partial charge in [-0.25, -0.2) is 5.43 Å². The van der Waals surface area contributed by atoms with Crippen molar-refractivity contribution in [3.05, 3.63) is 22.4 Å². The number of hydrogen-bond donors (Lipinski definition) is 2. The van der Waals surface area contributed by atoms with Crippen LogP contribution in [0.4, 0.5) is 0 Å². The second kappa shape index (κ2) is 6.20. The van der Waals surface area contributed by atoms with Gasteiger partial charge in [-0.05, 0) is 42.0 Å². The van der Waals surface area contributed by atoms with Crippen LogP contribution in [0.15, 0.2) is 27.1 Å². The van der Waals surface area contributed by atoms with Crippen LogP contribution in [0.5, 0.6) is 0 Å². The lowest BCUT2D eigenvalue weighted by Gasteiger charge is -2.34. The van der Waals surface area contributed by atoms with Gasteiger partial charge in [-0.15, -0.1) is 0 Å². The lowest BCUT2D eigenvalue weighted by molar-refractivity contribution is -0.125. The smallest absolute Gasteiger partial charge is 0.280 e. The molecule has 0 saturated heterocycles. The fraction of sp³-hybridized carbons (Fsp3) is 0.588. The van der Waals surface area contributed by atoms with E-state index in [4.69, 9.17) is 10.6 Å². The van der Waals surface area contributed by atoms with Gasteiger partial charge in [0.25, 0.3) is 5.91 Å². The molecule has 3 rings (SSSR count). The Hall–Kier alpha value is -1.89. The van der Waals surface area contributed by atoms with Gasteiger partial charge < -0.3 is 10.6 Å². The van der Waals surface area contributed by atoms with Gasteiger partial charge >= 0.3 is 0 Å². The monoisotopic (exact) mass is 348 g/mol. The number of hydrogen-bond acceptors (Lipinski definition) is 5. The van der Waals surface area contributed by atoms with Crippen molar-refractivity contribution < 1.29 is 9.63 Å². The van der Waals surface area contributed by atoms with E-state index in [1.54, 1.807) is 0 Å². The summed E-state index contributed by atoms with van der Waals surface area (Å²) in [5.41, 5.74) is 10.6. The first-order valence-electron chi connectivity index (χ1n) is 8.18. The minimum Gasteiger partial charge on any atom is -0.384 e. The van der Waals surface area contributed by atoms with E-state index in [2.05, 4.69) is 36.5 Å². The Balaban J connectivity index is 1.52. The number of rotatable bonds is 5. The van der Waals surface area contributed by atoms with E-state index >= 15 is 0 Å². The third-order valence-electron chi connectivity index (χ3n) is 6.00. The Labute approximate surface area is 146 Å². The highest BCUT2D eigenvalue weighted by molar-refractivity contribution is 7.08. The Morgan fingerprint density at radius 1 is 1.50 bits per heavy atom. The van der Waals surface area contributed by atoms with Crippen LogP contribution in [0.2, 0.25) is 0 Å². The third-order valence-corrected chi connectivity index (χ3v) is 6.69. The molecule has 6 nitrogen and oxygen atoms in total. The molecular weight excluding hydrogens is 324 g/mol. The summed E-state index contributed by atoms with van der Waals surface area (Å²) in [6, 6.07) is 1.84. The zero-order chi connectivity index (χ0) is 17.4. The van der Waals surface area contributed by atoms with E-state index in [-0.39, 0.29) is 29.2 Å². The van der Waals surface area contributed by atoms with Gasteiger partial charge in [0.15, 0.2) is 12.4 Å². The maximum Gasteiger partial charge on any atom is 0.280 e. The van der Waals surface area contributed by atoms with Gasteiger partial charge in [0.2, 0.25) is 0 Å². The molecule has 0 aliphatic heterocycles. The molecule has 1 aromatic heterocycles. The summed E-state index contributed by atoms with van der Waals surface area (Å²) >= 11 is 1.52. The van der Waals surface area contributed by atoms with Crippen molar-refractivity contribution >= 4 is 28.8 Å². The molecule has 7 heteroatoms. The topological polar surface area (TPSA) is 89.1 Å². The number of amidine groups is 1. The molecule has 2 bridgehead atoms. The number of nitrogens with two attached hydrogens (primary N) is 1. The van der Waals surface area contributed by atoms with Crippen molar-refractivity contribution in [2.75, 3.05) is 6.61 Å². The number of hydrazone groups is 1. The quantitative estimate of drug-likeness (QED) is 0.487. The van der Waals surface area contributed by atoms with Crippen LogP contribution < -0.4 is 11.2 Å². The molecule has 0 spiro atoms. The van der Waals surface area contributed by atoms with Crippen molar-refractivity contribution in [1.82, 2.24) is 5.43 Å². The van der Waals surface area contributed by atoms with Crippen molar-refractivity contribution in [1.29, 1.82) is 0 Å². The molecule has 2 unspecified atom stereocenters. The Kier molecular flexibility index (Phi) is 4.38. The Morgan fingerprint density at radius 2 is 2.29 bits per heavy atom. The highest BCUT2D eigenvalue weighted by atomic mass is 32.1. The second-order valence-corrected chi connectivity index (χ2v) is 8.13. The summed E-state index contributed by atoms with van der Waals surface area (Å²) in [7, 11) is 0. The van der Waals surface area contributed by atoms with Crippen molar-refractivity contribution in [3.63, 3.8) is 0 Å². The average Bonchev–Trinajstić information content (AvgIpc) is 3.18. The normalized spacial score (nSPS) is 29.9. The number of oxime groups is 1. The summed E-state index contributed by atoms with van der Waals surface area (Å²) in [5, 5.41) is 11.9. The second-order valence-electron chi connectivity index (χ2n) is 7.35. The summed E-state index contributed by atoms with van der Waals surface area (Å²) in [4.78, 5) is 16.9. The van der Waals surface area contributed by atoms with Crippen LogP contribution in [0, 0.1) is 16.7 Å². The standard InChI is InChI=1S/C17H24N4O2S/c1-16(2)12-4-6-17(16,3)13(8-12)19-20-14(22)9-23-21-15(18)11-5-7-24-10-11/h5,7,10,12H,4,6,8-9H2,1-3H3,(H2,18,21)(H,20,22)/b19-13+. The molecule has 2 saturated carbocycles. The predicted molar refractivity (Wildman–Crippen MR) is 95.8 cm³/mol. The molecule has 2 aliphatic rings. The zero-order valence-electron chi connectivity index (χ0n) is 14.3. The number of nitrogens with zero attached hydrogens (tertiary/aromatic N) is 2. The SMILES string of the molecule is CC12CCC(C/C1=N\NC(=O)CO/N=C(/N)c1ccsc1)C2(C)C. The van der Waals surface area contributed by atoms with Gasteiger partial charge in [-0.2, -0.15) is 16.4 Å². The number of carbonyl (C=O) groups is 1. The zero-order valence-corrected chi connectivity index (χ0v) is 15.2. The first-order chi connectivity index (χ1) is 11.3. The lowest BCUT2D eigenvalue weighted by atomic mass is 9.70. The van der Waals surface area contributed by atoms with Gasteiger partial charge in [-0.1, -0.05) is 25.9 Å². The minimum absolute atomic E-state index is 0.0767. The molecule has 2 aliphatic carbocycles. The summed E-state index contributed by atoms with van der Waals surface area (Å²) in [5.74, 6) is 0.593. The van der Waals surface area contributed by atoms with E-state index in [0.717, 1.165) is 24.1 Å². The Morgan fingerprint density at radius 3 is 2.88 bits per heavy atom. The fourth-order valence-electron chi connectivity index (χ4n) is 3.88. The van der Waals surface area contributed by atoms with Gasteiger partial charge in [0.05, 0.1) is 0 Å². The summed E-state index contributed by atoms with van der Waals surface area (Å²) in [6.45, 7) is 6.67. The van der Waals surface area contributed by atoms with Crippen LogP contribution in [0.1, 0.15) is 45.6 Å². The molecule has 0 aromatic carbocycles. The summed E-state index contributed by atoms with van der Waals surface area (Å²) < 4.78 is 0. The molecule has 1 heterocycles. The molecular formula is C17H24N4O2S. The van der Waals surface area contributed by atoms with Crippen LogP contribution >= 0.6 is 11.3 Å². The molecule has 1 amide bonds. The van der Waals surface area contributed by atoms with Crippen LogP contribution in [0.3, 0.4) is 0 Å². The molecule has 24 heavy (non-hydrogen) atoms. The van der Waals surface area contributed by atoms with Gasteiger partial charge in [-0.3, -0.25) is 4.79 Å². The van der Waals surface area contributed by atoms with E-state index in [1.165, 1.54) is 17.8 Å². The van der Waals surface area contributed by atoms with Gasteiger partial charge in [0, 0.05) is 22.1 Å². The fourth-order valence-corrected chi connectivity index (χ4v) is 4.53. The van der Waals surface area contributed by atoms with E-state index < -0.39 is 0 Å².